The van der Waals surface area contributed by atoms with Gasteiger partial charge < -0.3 is 9.67 Å². The summed E-state index contributed by atoms with van der Waals surface area (Å²) in [5, 5.41) is 9.70. The van der Waals surface area contributed by atoms with Gasteiger partial charge in [0.1, 0.15) is 5.82 Å². The molecular formula is C15H18N2O2S. The van der Waals surface area contributed by atoms with Gasteiger partial charge in [-0.2, -0.15) is 11.8 Å². The fourth-order valence-electron chi connectivity index (χ4n) is 3.25. The van der Waals surface area contributed by atoms with Crippen LogP contribution in [-0.4, -0.2) is 32.1 Å². The van der Waals surface area contributed by atoms with Crippen molar-refractivity contribution in [1.29, 1.82) is 0 Å². The minimum absolute atomic E-state index is 0.301. The van der Waals surface area contributed by atoms with Crippen molar-refractivity contribution in [2.45, 2.75) is 37.5 Å². The Bertz CT molecular complexity index is 665. The Morgan fingerprint density at radius 2 is 2.25 bits per heavy atom. The number of benzene rings is 1. The number of thioether (sulfide) groups is 1. The van der Waals surface area contributed by atoms with E-state index in [0.29, 0.717) is 16.9 Å². The molecule has 0 radical (unpaired) electrons. The van der Waals surface area contributed by atoms with Crippen molar-refractivity contribution in [2.24, 2.45) is 0 Å². The third-order valence-corrected chi connectivity index (χ3v) is 5.32. The molecule has 0 amide bonds. The van der Waals surface area contributed by atoms with E-state index < -0.39 is 5.97 Å². The molecule has 4 nitrogen and oxygen atoms in total. The number of imidazole rings is 1. The standard InChI is InChI=1S/C15H18N2O2S/c1-9-16-11-8-10(15(18)19)6-7-12(11)17(9)13-4-3-5-14(13)20-2/h6-8,13-14H,3-5H2,1-2H3,(H,18,19). The van der Waals surface area contributed by atoms with Crippen LogP contribution in [0.3, 0.4) is 0 Å². The van der Waals surface area contributed by atoms with Crippen LogP contribution in [0.1, 0.15) is 41.5 Å². The molecule has 1 fully saturated rings. The van der Waals surface area contributed by atoms with E-state index in [-0.39, 0.29) is 0 Å². The number of carboxylic acids is 1. The van der Waals surface area contributed by atoms with Gasteiger partial charge in [0.2, 0.25) is 0 Å². The van der Waals surface area contributed by atoms with Crippen LogP contribution in [0, 0.1) is 6.92 Å². The smallest absolute Gasteiger partial charge is 0.335 e. The average Bonchev–Trinajstić information content (AvgIpc) is 2.99. The lowest BCUT2D eigenvalue weighted by Gasteiger charge is -2.21. The lowest BCUT2D eigenvalue weighted by atomic mass is 10.2. The number of hydrogen-bond acceptors (Lipinski definition) is 3. The van der Waals surface area contributed by atoms with Crippen LogP contribution in [0.25, 0.3) is 11.0 Å². The van der Waals surface area contributed by atoms with E-state index in [1.54, 1.807) is 12.1 Å². The van der Waals surface area contributed by atoms with Gasteiger partial charge in [0.25, 0.3) is 0 Å². The highest BCUT2D eigenvalue weighted by Gasteiger charge is 2.30. The van der Waals surface area contributed by atoms with E-state index in [1.165, 1.54) is 19.3 Å². The average molecular weight is 290 g/mol. The monoisotopic (exact) mass is 290 g/mol. The second-order valence-corrected chi connectivity index (χ2v) is 6.39. The molecule has 1 saturated carbocycles. The molecule has 1 N–H and O–H groups in total. The Balaban J connectivity index is 2.11. The summed E-state index contributed by atoms with van der Waals surface area (Å²) in [4.78, 5) is 15.6. The molecule has 2 unspecified atom stereocenters. The second kappa shape index (κ2) is 5.13. The molecule has 20 heavy (non-hydrogen) atoms. The first-order valence-corrected chi connectivity index (χ1v) is 8.15. The summed E-state index contributed by atoms with van der Waals surface area (Å²) in [6.45, 7) is 2.01. The van der Waals surface area contributed by atoms with Crippen LogP contribution in [0.4, 0.5) is 0 Å². The Kier molecular flexibility index (Phi) is 3.46. The molecular weight excluding hydrogens is 272 g/mol. The number of aryl methyl sites for hydroxylation is 1. The predicted octanol–water partition coefficient (Wildman–Crippen LogP) is 3.50. The van der Waals surface area contributed by atoms with Crippen molar-refractivity contribution in [2.75, 3.05) is 6.26 Å². The van der Waals surface area contributed by atoms with Crippen LogP contribution >= 0.6 is 11.8 Å². The van der Waals surface area contributed by atoms with Gasteiger partial charge in [-0.3, -0.25) is 0 Å². The summed E-state index contributed by atoms with van der Waals surface area (Å²) in [5.41, 5.74) is 2.14. The van der Waals surface area contributed by atoms with E-state index in [2.05, 4.69) is 15.8 Å². The van der Waals surface area contributed by atoms with Crippen LogP contribution in [0.15, 0.2) is 18.2 Å². The van der Waals surface area contributed by atoms with Crippen molar-refractivity contribution in [3.63, 3.8) is 0 Å². The molecule has 0 bridgehead atoms. The number of aromatic nitrogens is 2. The summed E-state index contributed by atoms with van der Waals surface area (Å²) < 4.78 is 2.30. The molecule has 0 aliphatic heterocycles. The van der Waals surface area contributed by atoms with Gasteiger partial charge in [-0.15, -0.1) is 0 Å². The highest BCUT2D eigenvalue weighted by molar-refractivity contribution is 7.99. The molecule has 1 aromatic carbocycles. The predicted molar refractivity (Wildman–Crippen MR) is 81.6 cm³/mol. The van der Waals surface area contributed by atoms with Crippen LogP contribution in [-0.2, 0) is 0 Å². The maximum Gasteiger partial charge on any atom is 0.335 e. The minimum atomic E-state index is -0.901. The Labute approximate surface area is 122 Å². The zero-order chi connectivity index (χ0) is 14.3. The largest absolute Gasteiger partial charge is 0.478 e. The van der Waals surface area contributed by atoms with Crippen molar-refractivity contribution >= 4 is 28.8 Å². The highest BCUT2D eigenvalue weighted by Crippen LogP contribution is 2.39. The van der Waals surface area contributed by atoms with Crippen LogP contribution < -0.4 is 0 Å². The molecule has 106 valence electrons. The first-order valence-electron chi connectivity index (χ1n) is 6.86. The van der Waals surface area contributed by atoms with Gasteiger partial charge in [0, 0.05) is 11.3 Å². The van der Waals surface area contributed by atoms with Crippen LogP contribution in [0.5, 0.6) is 0 Å². The molecule has 1 aromatic heterocycles. The molecule has 1 aliphatic rings. The molecule has 1 heterocycles. The maximum absolute atomic E-state index is 11.1. The highest BCUT2D eigenvalue weighted by atomic mass is 32.2. The van der Waals surface area contributed by atoms with E-state index in [4.69, 9.17) is 5.11 Å². The molecule has 3 rings (SSSR count). The third-order valence-electron chi connectivity index (χ3n) is 4.16. The third kappa shape index (κ3) is 2.10. The number of rotatable bonds is 3. The molecule has 1 aliphatic carbocycles. The number of carbonyl (C=O) groups is 1. The molecule has 5 heteroatoms. The van der Waals surface area contributed by atoms with E-state index in [9.17, 15) is 4.79 Å². The van der Waals surface area contributed by atoms with E-state index >= 15 is 0 Å². The Morgan fingerprint density at radius 1 is 1.45 bits per heavy atom. The number of fused-ring (bicyclic) bond motifs is 1. The molecule has 2 atom stereocenters. The van der Waals surface area contributed by atoms with E-state index in [0.717, 1.165) is 16.9 Å². The zero-order valence-corrected chi connectivity index (χ0v) is 12.5. The second-order valence-electron chi connectivity index (χ2n) is 5.31. The van der Waals surface area contributed by atoms with Gasteiger partial charge in [0.05, 0.1) is 16.6 Å². The first-order chi connectivity index (χ1) is 9.61. The number of aromatic carboxylic acids is 1. The fraction of sp³-hybridized carbons (Fsp3) is 0.467. The SMILES string of the molecule is CSC1CCCC1n1c(C)nc2cc(C(=O)O)ccc21. The van der Waals surface area contributed by atoms with Gasteiger partial charge in [-0.25, -0.2) is 9.78 Å². The van der Waals surface area contributed by atoms with Crippen molar-refractivity contribution in [1.82, 2.24) is 9.55 Å². The van der Waals surface area contributed by atoms with Gasteiger partial charge in [0.15, 0.2) is 0 Å². The molecule has 2 aromatic rings. The number of hydrogen-bond donors (Lipinski definition) is 1. The van der Waals surface area contributed by atoms with Crippen molar-refractivity contribution < 1.29 is 9.90 Å². The van der Waals surface area contributed by atoms with Crippen LogP contribution in [0.2, 0.25) is 0 Å². The zero-order valence-electron chi connectivity index (χ0n) is 11.7. The van der Waals surface area contributed by atoms with Crippen molar-refractivity contribution in [3.05, 3.63) is 29.6 Å². The topological polar surface area (TPSA) is 55.1 Å². The summed E-state index contributed by atoms with van der Waals surface area (Å²) in [5.74, 6) is 0.0791. The minimum Gasteiger partial charge on any atom is -0.478 e. The number of nitrogens with zero attached hydrogens (tertiary/aromatic N) is 2. The lowest BCUT2D eigenvalue weighted by Crippen LogP contribution is -2.16. The number of carboxylic acid groups (broad SMARTS) is 1. The summed E-state index contributed by atoms with van der Waals surface area (Å²) in [6, 6.07) is 5.72. The fourth-order valence-corrected chi connectivity index (χ4v) is 4.22. The summed E-state index contributed by atoms with van der Waals surface area (Å²) >= 11 is 1.92. The van der Waals surface area contributed by atoms with E-state index in [1.807, 2.05) is 24.8 Å². The normalized spacial score (nSPS) is 22.5. The summed E-state index contributed by atoms with van der Waals surface area (Å²) in [7, 11) is 0. The quantitative estimate of drug-likeness (QED) is 0.940. The van der Waals surface area contributed by atoms with Gasteiger partial charge >= 0.3 is 5.97 Å². The maximum atomic E-state index is 11.1. The Hall–Kier alpha value is -1.49. The van der Waals surface area contributed by atoms with Gasteiger partial charge in [-0.05, 0) is 44.2 Å². The van der Waals surface area contributed by atoms with Gasteiger partial charge in [-0.1, -0.05) is 6.42 Å². The van der Waals surface area contributed by atoms with Crippen molar-refractivity contribution in [3.8, 4) is 0 Å². The molecule has 0 spiro atoms. The lowest BCUT2D eigenvalue weighted by molar-refractivity contribution is 0.0697. The Morgan fingerprint density at radius 3 is 2.95 bits per heavy atom. The molecule has 0 saturated heterocycles. The first kappa shape index (κ1) is 13.5. The summed E-state index contributed by atoms with van der Waals surface area (Å²) in [6.07, 6.45) is 5.85.